The topological polar surface area (TPSA) is 62.4 Å². The molecule has 5 rings (SSSR count). The molecule has 5 nitrogen and oxygen atoms in total. The minimum Gasteiger partial charge on any atom is -0.381 e. The predicted molar refractivity (Wildman–Crippen MR) is 141 cm³/mol. The van der Waals surface area contributed by atoms with Crippen LogP contribution in [0.5, 0.6) is 0 Å². The van der Waals surface area contributed by atoms with Crippen LogP contribution in [-0.2, 0) is 9.53 Å². The van der Waals surface area contributed by atoms with E-state index in [-0.39, 0.29) is 17.3 Å². The van der Waals surface area contributed by atoms with Gasteiger partial charge >= 0.3 is 0 Å². The van der Waals surface area contributed by atoms with E-state index in [1.807, 2.05) is 18.9 Å². The molecule has 0 radical (unpaired) electrons. The van der Waals surface area contributed by atoms with Crippen molar-refractivity contribution < 1.29 is 9.53 Å². The van der Waals surface area contributed by atoms with E-state index < -0.39 is 0 Å². The van der Waals surface area contributed by atoms with Gasteiger partial charge in [-0.25, -0.2) is 0 Å². The highest BCUT2D eigenvalue weighted by atomic mass is 35.5. The van der Waals surface area contributed by atoms with Gasteiger partial charge in [0.1, 0.15) is 5.50 Å². The van der Waals surface area contributed by atoms with Crippen molar-refractivity contribution in [1.82, 2.24) is 16.0 Å². The van der Waals surface area contributed by atoms with E-state index in [1.54, 1.807) is 5.57 Å². The summed E-state index contributed by atoms with van der Waals surface area (Å²) in [6, 6.07) is 0.939. The fourth-order valence-electron chi connectivity index (χ4n) is 7.49. The van der Waals surface area contributed by atoms with E-state index in [1.165, 1.54) is 32.1 Å². The number of hydrogen-bond donors (Lipinski definition) is 3. The largest absolute Gasteiger partial charge is 0.381 e. The molecule has 2 saturated heterocycles. The molecule has 0 bridgehead atoms. The number of allylic oxidation sites excluding steroid dienone is 1. The number of hydrogen-bond acceptors (Lipinski definition) is 5. The van der Waals surface area contributed by atoms with E-state index in [0.29, 0.717) is 40.7 Å². The SMILES string of the molecule is COC1CCCCC1C1CC(C)NCC1C(=O)NC1NC2CC=C(C3CCC(Cl)CC3)CC2S1. The van der Waals surface area contributed by atoms with E-state index in [2.05, 4.69) is 29.0 Å². The zero-order valence-corrected chi connectivity index (χ0v) is 22.5. The minimum atomic E-state index is 0.0263. The fraction of sp³-hybridized carbons (Fsp3) is 0.889. The Bertz CT molecular complexity index is 743. The van der Waals surface area contributed by atoms with Gasteiger partial charge in [-0.1, -0.05) is 24.5 Å². The standard InChI is InChI=1S/C27H44ClN3O2S/c1-16-13-21(20-5-3-4-6-24(20)33-2)22(15-29-16)26(32)31-27-30-23-12-9-18(14-25(23)34-27)17-7-10-19(28)11-8-17/h9,16-17,19-25,27,29-30H,3-8,10-15H2,1-2H3,(H,31,32). The molecule has 0 aromatic carbocycles. The van der Waals surface area contributed by atoms with E-state index in [9.17, 15) is 4.79 Å². The molecule has 4 fully saturated rings. The van der Waals surface area contributed by atoms with Gasteiger partial charge in [-0.15, -0.1) is 23.4 Å². The van der Waals surface area contributed by atoms with Crippen LogP contribution in [0.2, 0.25) is 0 Å². The van der Waals surface area contributed by atoms with Crippen LogP contribution in [0.4, 0.5) is 0 Å². The van der Waals surface area contributed by atoms with E-state index >= 15 is 0 Å². The summed E-state index contributed by atoms with van der Waals surface area (Å²) in [4.78, 5) is 13.6. The molecule has 7 heteroatoms. The van der Waals surface area contributed by atoms with Gasteiger partial charge in [0, 0.05) is 36.4 Å². The van der Waals surface area contributed by atoms with Crippen LogP contribution in [0, 0.1) is 23.7 Å². The second kappa shape index (κ2) is 11.4. The Kier molecular flexibility index (Phi) is 8.52. The summed E-state index contributed by atoms with van der Waals surface area (Å²) in [7, 11) is 1.85. The first-order chi connectivity index (χ1) is 16.5. The Labute approximate surface area is 215 Å². The van der Waals surface area contributed by atoms with Gasteiger partial charge in [0.05, 0.1) is 12.0 Å². The molecule has 2 heterocycles. The second-order valence-corrected chi connectivity index (χ2v) is 13.5. The molecule has 192 valence electrons. The number of carbonyl (C=O) groups is 1. The lowest BCUT2D eigenvalue weighted by Gasteiger charge is -2.44. The predicted octanol–water partition coefficient (Wildman–Crippen LogP) is 4.80. The molecule has 2 saturated carbocycles. The maximum Gasteiger partial charge on any atom is 0.226 e. The molecule has 1 amide bonds. The van der Waals surface area contributed by atoms with Crippen molar-refractivity contribution in [1.29, 1.82) is 0 Å². The van der Waals surface area contributed by atoms with Crippen LogP contribution < -0.4 is 16.0 Å². The first kappa shape index (κ1) is 25.4. The number of carbonyl (C=O) groups excluding carboxylic acids is 1. The van der Waals surface area contributed by atoms with Gasteiger partial charge < -0.3 is 15.4 Å². The summed E-state index contributed by atoms with van der Waals surface area (Å²) in [5, 5.41) is 11.7. The van der Waals surface area contributed by atoms with Gasteiger partial charge in [-0.2, -0.15) is 0 Å². The van der Waals surface area contributed by atoms with Gasteiger partial charge in [0.2, 0.25) is 5.91 Å². The Hall–Kier alpha value is -0.270. The summed E-state index contributed by atoms with van der Waals surface area (Å²) in [6.07, 6.45) is 15.8. The van der Waals surface area contributed by atoms with Crippen LogP contribution in [0.1, 0.15) is 77.6 Å². The Balaban J connectivity index is 1.17. The average Bonchev–Trinajstić information content (AvgIpc) is 3.25. The van der Waals surface area contributed by atoms with Gasteiger partial charge in [-0.05, 0) is 82.5 Å². The first-order valence-corrected chi connectivity index (χ1v) is 15.2. The number of rotatable bonds is 5. The van der Waals surface area contributed by atoms with Crippen molar-refractivity contribution in [2.75, 3.05) is 13.7 Å². The van der Waals surface area contributed by atoms with Gasteiger partial charge in [0.15, 0.2) is 0 Å². The molecule has 3 aliphatic carbocycles. The Morgan fingerprint density at radius 3 is 2.74 bits per heavy atom. The number of halogens is 1. The van der Waals surface area contributed by atoms with Crippen LogP contribution in [0.15, 0.2) is 11.6 Å². The van der Waals surface area contributed by atoms with Crippen LogP contribution in [0.25, 0.3) is 0 Å². The highest BCUT2D eigenvalue weighted by Crippen LogP contribution is 2.43. The molecule has 0 aromatic heterocycles. The molecular formula is C27H44ClN3O2S. The number of piperidine rings is 1. The number of nitrogens with one attached hydrogen (secondary N) is 3. The number of methoxy groups -OCH3 is 1. The highest BCUT2D eigenvalue weighted by molar-refractivity contribution is 8.00. The van der Waals surface area contributed by atoms with Crippen molar-refractivity contribution in [3.05, 3.63) is 11.6 Å². The molecule has 5 aliphatic rings. The summed E-state index contributed by atoms with van der Waals surface area (Å²) in [5.74, 6) is 1.88. The van der Waals surface area contributed by atoms with E-state index in [0.717, 1.165) is 51.0 Å². The maximum atomic E-state index is 13.6. The third-order valence-electron chi connectivity index (χ3n) is 9.42. The van der Waals surface area contributed by atoms with Crippen molar-refractivity contribution in [3.8, 4) is 0 Å². The smallest absolute Gasteiger partial charge is 0.226 e. The maximum absolute atomic E-state index is 13.6. The molecule has 8 unspecified atom stereocenters. The average molecular weight is 510 g/mol. The zero-order valence-electron chi connectivity index (χ0n) is 20.9. The second-order valence-electron chi connectivity index (χ2n) is 11.5. The van der Waals surface area contributed by atoms with Crippen molar-refractivity contribution in [3.63, 3.8) is 0 Å². The summed E-state index contributed by atoms with van der Waals surface area (Å²) in [6.45, 7) is 3.04. The minimum absolute atomic E-state index is 0.0263. The number of thioether (sulfide) groups is 1. The molecule has 34 heavy (non-hydrogen) atoms. The molecule has 2 aliphatic heterocycles. The van der Waals surface area contributed by atoms with E-state index in [4.69, 9.17) is 16.3 Å². The van der Waals surface area contributed by atoms with Crippen molar-refractivity contribution >= 4 is 29.3 Å². The lowest BCUT2D eigenvalue weighted by atomic mass is 9.68. The zero-order chi connectivity index (χ0) is 23.7. The van der Waals surface area contributed by atoms with Gasteiger partial charge in [0.25, 0.3) is 0 Å². The lowest BCUT2D eigenvalue weighted by molar-refractivity contribution is -0.130. The van der Waals surface area contributed by atoms with Crippen molar-refractivity contribution in [2.24, 2.45) is 23.7 Å². The van der Waals surface area contributed by atoms with Crippen molar-refractivity contribution in [2.45, 2.75) is 112 Å². The highest BCUT2D eigenvalue weighted by Gasteiger charge is 2.44. The summed E-state index contributed by atoms with van der Waals surface area (Å²) in [5.41, 5.74) is 1.68. The summed E-state index contributed by atoms with van der Waals surface area (Å²) >= 11 is 8.28. The van der Waals surface area contributed by atoms with Gasteiger partial charge in [-0.3, -0.25) is 10.1 Å². The van der Waals surface area contributed by atoms with Crippen LogP contribution in [-0.4, -0.2) is 53.9 Å². The lowest BCUT2D eigenvalue weighted by Crippen LogP contribution is -2.55. The summed E-state index contributed by atoms with van der Waals surface area (Å²) < 4.78 is 5.90. The van der Waals surface area contributed by atoms with Crippen LogP contribution in [0.3, 0.4) is 0 Å². The number of alkyl halides is 1. The third-order valence-corrected chi connectivity index (χ3v) is 11.2. The quantitative estimate of drug-likeness (QED) is 0.367. The molecular weight excluding hydrogens is 466 g/mol. The normalized spacial score (nSPS) is 45.3. The van der Waals surface area contributed by atoms with Crippen LogP contribution >= 0.6 is 23.4 Å². The monoisotopic (exact) mass is 509 g/mol. The Morgan fingerprint density at radius 2 is 1.94 bits per heavy atom. The number of amides is 1. The third kappa shape index (κ3) is 5.66. The number of ether oxygens (including phenoxy) is 1. The first-order valence-electron chi connectivity index (χ1n) is 13.8. The molecule has 0 aromatic rings. The molecule has 3 N–H and O–H groups in total. The Morgan fingerprint density at radius 1 is 1.15 bits per heavy atom. The molecule has 8 atom stereocenters. The fourth-order valence-corrected chi connectivity index (χ4v) is 9.19. The molecule has 0 spiro atoms. The number of fused-ring (bicyclic) bond motifs is 1.